The van der Waals surface area contributed by atoms with Crippen LogP contribution in [0.5, 0.6) is 5.75 Å². The molecule has 7 nitrogen and oxygen atoms in total. The number of hydrogen-bond acceptors (Lipinski definition) is 5. The molecule has 1 aromatic carbocycles. The Hall–Kier alpha value is -2.93. The number of aromatic nitrogens is 1. The van der Waals surface area contributed by atoms with Crippen molar-refractivity contribution < 1.29 is 24.2 Å². The highest BCUT2D eigenvalue weighted by atomic mass is 16.5. The second-order valence-corrected chi connectivity index (χ2v) is 6.33. The number of carboxylic acid groups (broad SMARTS) is 1. The zero-order chi connectivity index (χ0) is 18.1. The molecule has 4 rings (SSSR count). The lowest BCUT2D eigenvalue weighted by atomic mass is 10.0. The molecule has 2 aliphatic rings. The fourth-order valence-corrected chi connectivity index (χ4v) is 3.25. The van der Waals surface area contributed by atoms with Crippen LogP contribution in [-0.2, 0) is 16.0 Å². The van der Waals surface area contributed by atoms with Gasteiger partial charge in [0.2, 0.25) is 0 Å². The number of ether oxygens (including phenoxy) is 2. The number of aliphatic carboxylic acids is 1. The first kappa shape index (κ1) is 16.5. The van der Waals surface area contributed by atoms with E-state index < -0.39 is 12.1 Å². The normalized spacial score (nSPS) is 18.9. The Kier molecular flexibility index (Phi) is 4.30. The summed E-state index contributed by atoms with van der Waals surface area (Å²) in [5.74, 6) is -0.393. The van der Waals surface area contributed by atoms with E-state index in [-0.39, 0.29) is 19.1 Å². The van der Waals surface area contributed by atoms with Gasteiger partial charge < -0.3 is 19.5 Å². The van der Waals surface area contributed by atoms with Crippen LogP contribution >= 0.6 is 0 Å². The molecule has 0 spiro atoms. The average molecular weight is 354 g/mol. The maximum Gasteiger partial charge on any atom is 0.334 e. The Balaban J connectivity index is 1.57. The van der Waals surface area contributed by atoms with Gasteiger partial charge in [-0.15, -0.1) is 0 Å². The fourth-order valence-electron chi connectivity index (χ4n) is 3.25. The van der Waals surface area contributed by atoms with Crippen LogP contribution in [0.1, 0.15) is 15.9 Å². The summed E-state index contributed by atoms with van der Waals surface area (Å²) in [6.45, 7) is 1.30. The zero-order valence-corrected chi connectivity index (χ0v) is 14.1. The first-order valence-corrected chi connectivity index (χ1v) is 8.46. The smallest absolute Gasteiger partial charge is 0.334 e. The number of morpholine rings is 1. The van der Waals surface area contributed by atoms with Gasteiger partial charge in [-0.3, -0.25) is 9.78 Å². The molecule has 26 heavy (non-hydrogen) atoms. The number of carbonyl (C=O) groups excluding carboxylic acids is 1. The molecule has 1 N–H and O–H groups in total. The largest absolute Gasteiger partial charge is 0.493 e. The van der Waals surface area contributed by atoms with Crippen molar-refractivity contribution in [1.82, 2.24) is 9.88 Å². The lowest BCUT2D eigenvalue weighted by Gasteiger charge is -2.30. The van der Waals surface area contributed by atoms with Crippen LogP contribution in [0.2, 0.25) is 0 Å². The summed E-state index contributed by atoms with van der Waals surface area (Å²) in [5, 5.41) is 9.09. The van der Waals surface area contributed by atoms with Crippen molar-refractivity contribution in [3.63, 3.8) is 0 Å². The minimum atomic E-state index is -1.06. The Morgan fingerprint density at radius 1 is 1.15 bits per heavy atom. The van der Waals surface area contributed by atoms with E-state index in [1.165, 1.54) is 11.1 Å². The van der Waals surface area contributed by atoms with Crippen molar-refractivity contribution in [3.8, 4) is 16.9 Å². The Labute approximate surface area is 150 Å². The lowest BCUT2D eigenvalue weighted by Crippen LogP contribution is -2.48. The molecule has 0 saturated carbocycles. The highest BCUT2D eigenvalue weighted by Crippen LogP contribution is 2.30. The molecule has 1 amide bonds. The van der Waals surface area contributed by atoms with Gasteiger partial charge in [0.15, 0.2) is 6.10 Å². The summed E-state index contributed by atoms with van der Waals surface area (Å²) < 4.78 is 10.7. The van der Waals surface area contributed by atoms with Gasteiger partial charge in [-0.2, -0.15) is 0 Å². The Morgan fingerprint density at radius 2 is 2.04 bits per heavy atom. The van der Waals surface area contributed by atoms with Gasteiger partial charge >= 0.3 is 5.97 Å². The molecule has 1 unspecified atom stereocenters. The number of rotatable bonds is 3. The summed E-state index contributed by atoms with van der Waals surface area (Å²) in [6, 6.07) is 7.73. The number of carbonyl (C=O) groups is 2. The first-order chi connectivity index (χ1) is 12.6. The second-order valence-electron chi connectivity index (χ2n) is 6.33. The van der Waals surface area contributed by atoms with Gasteiger partial charge in [-0.25, -0.2) is 4.79 Å². The third-order valence-corrected chi connectivity index (χ3v) is 4.64. The van der Waals surface area contributed by atoms with Gasteiger partial charge in [-0.05, 0) is 29.3 Å². The van der Waals surface area contributed by atoms with E-state index in [2.05, 4.69) is 11.1 Å². The SMILES string of the molecule is O=C(O)C1CN(C(=O)c2cncc(-c3ccc4c(c3)CCO4)c2)CCO1. The van der Waals surface area contributed by atoms with Crippen molar-refractivity contribution in [1.29, 1.82) is 0 Å². The molecule has 3 heterocycles. The number of nitrogens with zero attached hydrogens (tertiary/aromatic N) is 2. The third-order valence-electron chi connectivity index (χ3n) is 4.64. The molecule has 1 fully saturated rings. The number of fused-ring (bicyclic) bond motifs is 1. The summed E-state index contributed by atoms with van der Waals surface area (Å²) in [7, 11) is 0. The number of carboxylic acids is 1. The van der Waals surface area contributed by atoms with Crippen LogP contribution < -0.4 is 4.74 Å². The highest BCUT2D eigenvalue weighted by Gasteiger charge is 2.29. The molecule has 0 aliphatic carbocycles. The van der Waals surface area contributed by atoms with E-state index in [1.54, 1.807) is 12.3 Å². The maximum atomic E-state index is 12.8. The summed E-state index contributed by atoms with van der Waals surface area (Å²) in [4.78, 5) is 29.6. The van der Waals surface area contributed by atoms with Crippen LogP contribution in [0, 0.1) is 0 Å². The standard InChI is InChI=1S/C19H18N2O5/c22-18(21-4-6-26-17(11-21)19(23)24)15-8-14(9-20-10-15)12-1-2-16-13(7-12)3-5-25-16/h1-2,7-10,17H,3-6,11H2,(H,23,24). The van der Waals surface area contributed by atoms with Gasteiger partial charge in [0.05, 0.1) is 25.3 Å². The Morgan fingerprint density at radius 3 is 2.88 bits per heavy atom. The first-order valence-electron chi connectivity index (χ1n) is 8.46. The zero-order valence-electron chi connectivity index (χ0n) is 14.1. The average Bonchev–Trinajstić information content (AvgIpc) is 3.15. The van der Waals surface area contributed by atoms with Gasteiger partial charge in [0.25, 0.3) is 5.91 Å². The van der Waals surface area contributed by atoms with E-state index in [1.807, 2.05) is 12.1 Å². The molecule has 0 bridgehead atoms. The van der Waals surface area contributed by atoms with Crippen molar-refractivity contribution in [3.05, 3.63) is 47.8 Å². The van der Waals surface area contributed by atoms with Gasteiger partial charge in [0.1, 0.15) is 5.75 Å². The highest BCUT2D eigenvalue weighted by molar-refractivity contribution is 5.95. The Bertz CT molecular complexity index is 867. The minimum Gasteiger partial charge on any atom is -0.493 e. The van der Waals surface area contributed by atoms with Gasteiger partial charge in [0, 0.05) is 30.9 Å². The van der Waals surface area contributed by atoms with E-state index in [0.29, 0.717) is 18.7 Å². The van der Waals surface area contributed by atoms with E-state index in [9.17, 15) is 9.59 Å². The van der Waals surface area contributed by atoms with Crippen molar-refractivity contribution in [2.45, 2.75) is 12.5 Å². The fraction of sp³-hybridized carbons (Fsp3) is 0.316. The predicted molar refractivity (Wildman–Crippen MR) is 92.2 cm³/mol. The molecule has 2 aliphatic heterocycles. The summed E-state index contributed by atoms with van der Waals surface area (Å²) in [6.07, 6.45) is 3.11. The second kappa shape index (κ2) is 6.76. The molecule has 1 aromatic heterocycles. The topological polar surface area (TPSA) is 89.0 Å². The molecular weight excluding hydrogens is 336 g/mol. The molecule has 7 heteroatoms. The van der Waals surface area contributed by atoms with Crippen molar-refractivity contribution in [2.75, 3.05) is 26.3 Å². The number of amides is 1. The third kappa shape index (κ3) is 3.13. The van der Waals surface area contributed by atoms with Gasteiger partial charge in [-0.1, -0.05) is 6.07 Å². The van der Waals surface area contributed by atoms with Crippen LogP contribution in [-0.4, -0.2) is 59.3 Å². The van der Waals surface area contributed by atoms with Crippen LogP contribution in [0.25, 0.3) is 11.1 Å². The van der Waals surface area contributed by atoms with Crippen molar-refractivity contribution >= 4 is 11.9 Å². The lowest BCUT2D eigenvalue weighted by molar-refractivity contribution is -0.154. The molecule has 1 atom stereocenters. The predicted octanol–water partition coefficient (Wildman–Crippen LogP) is 1.61. The van der Waals surface area contributed by atoms with Crippen LogP contribution in [0.15, 0.2) is 36.7 Å². The van der Waals surface area contributed by atoms with E-state index in [4.69, 9.17) is 14.6 Å². The minimum absolute atomic E-state index is 0.0363. The molecule has 0 radical (unpaired) electrons. The van der Waals surface area contributed by atoms with Crippen molar-refractivity contribution in [2.24, 2.45) is 0 Å². The van der Waals surface area contributed by atoms with Crippen LogP contribution in [0.4, 0.5) is 0 Å². The van der Waals surface area contributed by atoms with Crippen LogP contribution in [0.3, 0.4) is 0 Å². The number of benzene rings is 1. The molecule has 2 aromatic rings. The number of pyridine rings is 1. The van der Waals surface area contributed by atoms with E-state index in [0.717, 1.165) is 28.9 Å². The molecular formula is C19H18N2O5. The molecule has 1 saturated heterocycles. The quantitative estimate of drug-likeness (QED) is 0.901. The summed E-state index contributed by atoms with van der Waals surface area (Å²) >= 11 is 0. The monoisotopic (exact) mass is 354 g/mol. The number of hydrogen-bond donors (Lipinski definition) is 1. The summed E-state index contributed by atoms with van der Waals surface area (Å²) in [5.41, 5.74) is 3.40. The van der Waals surface area contributed by atoms with E-state index >= 15 is 0 Å². The molecule has 134 valence electrons. The maximum absolute atomic E-state index is 12.8.